The van der Waals surface area contributed by atoms with Crippen LogP contribution in [-0.2, 0) is 26.1 Å². The number of carbonyl (C=O) groups excluding carboxylic acids is 1. The minimum Gasteiger partial charge on any atom is -0.463 e. The second kappa shape index (κ2) is 11.4. The highest BCUT2D eigenvalue weighted by atomic mass is 32.2. The number of benzene rings is 1. The van der Waals surface area contributed by atoms with Gasteiger partial charge in [-0.15, -0.1) is 11.8 Å². The van der Waals surface area contributed by atoms with Crippen LogP contribution in [0.3, 0.4) is 0 Å². The molecule has 0 bridgehead atoms. The number of rotatable bonds is 10. The van der Waals surface area contributed by atoms with Gasteiger partial charge in [-0.3, -0.25) is 0 Å². The van der Waals surface area contributed by atoms with Crippen LogP contribution in [0.2, 0.25) is 0 Å². The van der Waals surface area contributed by atoms with Crippen LogP contribution in [-0.4, -0.2) is 23.1 Å². The second-order valence-electron chi connectivity index (χ2n) is 10.5. The molecule has 0 spiro atoms. The molecule has 1 atom stereocenters. The lowest BCUT2D eigenvalue weighted by molar-refractivity contribution is -0.148. The molecule has 0 aliphatic heterocycles. The summed E-state index contributed by atoms with van der Waals surface area (Å²) in [5, 5.41) is 10.2. The maximum atomic E-state index is 12.1. The molecule has 0 saturated carbocycles. The Hall–Kier alpha value is -1.00. The maximum Gasteiger partial charge on any atom is 0.345 e. The molecule has 1 aromatic rings. The molecular weight excluding hydrogens is 380 g/mol. The third-order valence-electron chi connectivity index (χ3n) is 5.00. The molecule has 0 amide bonds. The molecule has 0 aliphatic rings. The monoisotopic (exact) mass is 422 g/mol. The number of aliphatic hydroxyl groups is 1. The van der Waals surface area contributed by atoms with E-state index in [-0.39, 0.29) is 10.8 Å². The predicted octanol–water partition coefficient (Wildman–Crippen LogP) is 6.59. The van der Waals surface area contributed by atoms with Crippen molar-refractivity contribution in [3.63, 3.8) is 0 Å². The first-order valence-electron chi connectivity index (χ1n) is 10.9. The molecule has 0 fully saturated rings. The summed E-state index contributed by atoms with van der Waals surface area (Å²) in [5.41, 5.74) is 2.65. The Balaban J connectivity index is 2.59. The standard InChI is InChI=1S/C25H42O3S/c1-18(2)12-10-9-11-13-28-22(26)23(27)29-17-19-14-20(24(3,4)5)16-21(15-19)25(6,7)8/h14-16,18,23,27H,9-13,17H2,1-8H3. The fourth-order valence-electron chi connectivity index (χ4n) is 2.96. The van der Waals surface area contributed by atoms with Gasteiger partial charge in [0, 0.05) is 5.75 Å². The van der Waals surface area contributed by atoms with E-state index in [1.807, 2.05) is 0 Å². The summed E-state index contributed by atoms with van der Waals surface area (Å²) in [6.07, 6.45) is 4.28. The summed E-state index contributed by atoms with van der Waals surface area (Å²) in [4.78, 5) is 12.1. The van der Waals surface area contributed by atoms with Gasteiger partial charge in [0.2, 0.25) is 0 Å². The molecule has 0 heterocycles. The van der Waals surface area contributed by atoms with Gasteiger partial charge in [0.25, 0.3) is 0 Å². The van der Waals surface area contributed by atoms with Crippen molar-refractivity contribution in [3.8, 4) is 0 Å². The molecule has 29 heavy (non-hydrogen) atoms. The van der Waals surface area contributed by atoms with Gasteiger partial charge in [0.15, 0.2) is 5.44 Å². The van der Waals surface area contributed by atoms with Crippen LogP contribution >= 0.6 is 11.8 Å². The number of ether oxygens (including phenoxy) is 1. The van der Waals surface area contributed by atoms with Crippen molar-refractivity contribution in [2.24, 2.45) is 5.92 Å². The normalized spacial score (nSPS) is 13.6. The fourth-order valence-corrected chi connectivity index (χ4v) is 3.68. The van der Waals surface area contributed by atoms with E-state index in [9.17, 15) is 9.90 Å². The molecule has 0 aliphatic carbocycles. The lowest BCUT2D eigenvalue weighted by Gasteiger charge is -2.26. The van der Waals surface area contributed by atoms with Crippen LogP contribution in [0.4, 0.5) is 0 Å². The van der Waals surface area contributed by atoms with E-state index in [1.54, 1.807) is 0 Å². The summed E-state index contributed by atoms with van der Waals surface area (Å²) in [7, 11) is 0. The first-order valence-corrected chi connectivity index (χ1v) is 12.0. The molecule has 4 heteroatoms. The van der Waals surface area contributed by atoms with Gasteiger partial charge in [-0.05, 0) is 39.9 Å². The predicted molar refractivity (Wildman–Crippen MR) is 125 cm³/mol. The molecule has 1 unspecified atom stereocenters. The zero-order valence-corrected chi connectivity index (χ0v) is 20.6. The first kappa shape index (κ1) is 26.0. The third kappa shape index (κ3) is 10.0. The topological polar surface area (TPSA) is 46.5 Å². The lowest BCUT2D eigenvalue weighted by Crippen LogP contribution is -2.21. The SMILES string of the molecule is CC(C)CCCCCOC(=O)C(O)SCc1cc(C(C)(C)C)cc(C(C)(C)C)c1. The van der Waals surface area contributed by atoms with E-state index >= 15 is 0 Å². The van der Waals surface area contributed by atoms with Crippen LogP contribution in [0.15, 0.2) is 18.2 Å². The summed E-state index contributed by atoms with van der Waals surface area (Å²) >= 11 is 1.23. The minimum absolute atomic E-state index is 0.0494. The van der Waals surface area contributed by atoms with E-state index in [4.69, 9.17) is 4.74 Å². The summed E-state index contributed by atoms with van der Waals surface area (Å²) in [6, 6.07) is 6.65. The van der Waals surface area contributed by atoms with E-state index in [0.717, 1.165) is 24.8 Å². The number of unbranched alkanes of at least 4 members (excludes halogenated alkanes) is 2. The molecule has 0 saturated heterocycles. The Morgan fingerprint density at radius 3 is 2.00 bits per heavy atom. The van der Waals surface area contributed by atoms with Gasteiger partial charge in [-0.1, -0.05) is 92.9 Å². The van der Waals surface area contributed by atoms with Crippen molar-refractivity contribution in [1.29, 1.82) is 0 Å². The Kier molecular flexibility index (Phi) is 10.2. The molecule has 3 nitrogen and oxygen atoms in total. The van der Waals surface area contributed by atoms with Crippen molar-refractivity contribution >= 4 is 17.7 Å². The van der Waals surface area contributed by atoms with Gasteiger partial charge < -0.3 is 9.84 Å². The average Bonchev–Trinajstić information content (AvgIpc) is 2.60. The van der Waals surface area contributed by atoms with Crippen molar-refractivity contribution < 1.29 is 14.6 Å². The van der Waals surface area contributed by atoms with Crippen LogP contribution in [0.5, 0.6) is 0 Å². The Morgan fingerprint density at radius 2 is 1.52 bits per heavy atom. The van der Waals surface area contributed by atoms with Gasteiger partial charge in [-0.25, -0.2) is 4.79 Å². The van der Waals surface area contributed by atoms with Crippen molar-refractivity contribution in [3.05, 3.63) is 34.9 Å². The summed E-state index contributed by atoms with van der Waals surface area (Å²) in [6.45, 7) is 18.1. The third-order valence-corrected chi connectivity index (χ3v) is 6.01. The van der Waals surface area contributed by atoms with Crippen molar-refractivity contribution in [1.82, 2.24) is 0 Å². The van der Waals surface area contributed by atoms with Gasteiger partial charge in [0.1, 0.15) is 0 Å². The first-order chi connectivity index (χ1) is 13.3. The van der Waals surface area contributed by atoms with E-state index in [2.05, 4.69) is 73.6 Å². The Morgan fingerprint density at radius 1 is 0.966 bits per heavy atom. The highest BCUT2D eigenvalue weighted by Gasteiger charge is 2.22. The molecule has 166 valence electrons. The minimum atomic E-state index is -1.14. The number of thioether (sulfide) groups is 1. The van der Waals surface area contributed by atoms with Crippen LogP contribution in [0.25, 0.3) is 0 Å². The number of hydrogen-bond donors (Lipinski definition) is 1. The molecule has 1 rings (SSSR count). The second-order valence-corrected chi connectivity index (χ2v) is 11.6. The van der Waals surface area contributed by atoms with Crippen LogP contribution < -0.4 is 0 Å². The van der Waals surface area contributed by atoms with Gasteiger partial charge in [-0.2, -0.15) is 0 Å². The van der Waals surface area contributed by atoms with E-state index in [1.165, 1.54) is 29.3 Å². The Labute approximate surface area is 183 Å². The smallest absolute Gasteiger partial charge is 0.345 e. The summed E-state index contributed by atoms with van der Waals surface area (Å²) < 4.78 is 5.25. The van der Waals surface area contributed by atoms with Crippen LogP contribution in [0.1, 0.15) is 97.8 Å². The largest absolute Gasteiger partial charge is 0.463 e. The molecule has 1 N–H and O–H groups in total. The van der Waals surface area contributed by atoms with Crippen LogP contribution in [0, 0.1) is 5.92 Å². The number of esters is 1. The zero-order chi connectivity index (χ0) is 22.2. The highest BCUT2D eigenvalue weighted by molar-refractivity contribution is 7.99. The quantitative estimate of drug-likeness (QED) is 0.262. The summed E-state index contributed by atoms with van der Waals surface area (Å²) in [5.74, 6) is 0.769. The van der Waals surface area contributed by atoms with E-state index in [0.29, 0.717) is 18.3 Å². The van der Waals surface area contributed by atoms with Crippen molar-refractivity contribution in [2.45, 2.75) is 103 Å². The molecule has 0 aromatic heterocycles. The molecular formula is C25H42O3S. The number of carbonyl (C=O) groups is 1. The fraction of sp³-hybridized carbons (Fsp3) is 0.720. The zero-order valence-electron chi connectivity index (χ0n) is 19.8. The average molecular weight is 423 g/mol. The lowest BCUT2D eigenvalue weighted by atomic mass is 9.80. The Bertz CT molecular complexity index is 606. The number of aliphatic hydroxyl groups excluding tert-OH is 1. The number of hydrogen-bond acceptors (Lipinski definition) is 4. The van der Waals surface area contributed by atoms with Crippen molar-refractivity contribution in [2.75, 3.05) is 6.61 Å². The van der Waals surface area contributed by atoms with Gasteiger partial charge >= 0.3 is 5.97 Å². The van der Waals surface area contributed by atoms with Gasteiger partial charge in [0.05, 0.1) is 6.61 Å². The van der Waals surface area contributed by atoms with E-state index < -0.39 is 11.4 Å². The highest BCUT2D eigenvalue weighted by Crippen LogP contribution is 2.32. The molecule has 0 radical (unpaired) electrons. The maximum absolute atomic E-state index is 12.1. The molecule has 1 aromatic carbocycles.